The molecule has 0 aliphatic heterocycles. The van der Waals surface area contributed by atoms with E-state index < -0.39 is 0 Å². The summed E-state index contributed by atoms with van der Waals surface area (Å²) in [6, 6.07) is 7.04. The number of anilines is 1. The molecule has 1 aromatic carbocycles. The number of aromatic amines is 1. The molecule has 0 amide bonds. The van der Waals surface area contributed by atoms with E-state index in [9.17, 15) is 4.79 Å². The van der Waals surface area contributed by atoms with Crippen molar-refractivity contribution in [1.82, 2.24) is 9.78 Å². The fourth-order valence-electron chi connectivity index (χ4n) is 1.56. The third kappa shape index (κ3) is 1.72. The number of hydrogen-bond acceptors (Lipinski definition) is 2. The van der Waals surface area contributed by atoms with Gasteiger partial charge in [-0.2, -0.15) is 0 Å². The van der Waals surface area contributed by atoms with E-state index >= 15 is 0 Å². The Morgan fingerprint density at radius 3 is 2.81 bits per heavy atom. The van der Waals surface area contributed by atoms with Crippen LogP contribution in [0.2, 0.25) is 5.02 Å². The van der Waals surface area contributed by atoms with Gasteiger partial charge in [0, 0.05) is 5.02 Å². The van der Waals surface area contributed by atoms with Gasteiger partial charge in [0.05, 0.1) is 11.4 Å². The number of hydrogen-bond donors (Lipinski definition) is 2. The smallest absolute Gasteiger partial charge is 0.294 e. The van der Waals surface area contributed by atoms with Gasteiger partial charge < -0.3 is 5.73 Å². The molecule has 1 heterocycles. The highest BCUT2D eigenvalue weighted by Crippen LogP contribution is 2.14. The summed E-state index contributed by atoms with van der Waals surface area (Å²) < 4.78 is 1.40. The Labute approximate surface area is 97.6 Å². The molecule has 0 saturated carbocycles. The highest BCUT2D eigenvalue weighted by atomic mass is 35.5. The lowest BCUT2D eigenvalue weighted by atomic mass is 10.3. The monoisotopic (exact) mass is 237 g/mol. The molecule has 16 heavy (non-hydrogen) atoms. The van der Waals surface area contributed by atoms with Gasteiger partial charge in [-0.05, 0) is 24.6 Å². The molecule has 0 bridgehead atoms. The van der Waals surface area contributed by atoms with Crippen LogP contribution in [0.1, 0.15) is 12.6 Å². The van der Waals surface area contributed by atoms with Crippen LogP contribution in [0, 0.1) is 0 Å². The number of aryl methyl sites for hydroxylation is 1. The number of nitrogens with one attached hydrogen (secondary N) is 1. The van der Waals surface area contributed by atoms with Crippen molar-refractivity contribution in [3.63, 3.8) is 0 Å². The van der Waals surface area contributed by atoms with Crippen molar-refractivity contribution in [2.24, 2.45) is 0 Å². The number of rotatable bonds is 2. The van der Waals surface area contributed by atoms with Crippen molar-refractivity contribution >= 4 is 17.3 Å². The van der Waals surface area contributed by atoms with E-state index in [1.165, 1.54) is 4.68 Å². The van der Waals surface area contributed by atoms with Crippen molar-refractivity contribution in [2.45, 2.75) is 13.3 Å². The van der Waals surface area contributed by atoms with E-state index in [4.69, 9.17) is 17.3 Å². The summed E-state index contributed by atoms with van der Waals surface area (Å²) in [5.74, 6) is 0. The Balaban J connectivity index is 2.61. The van der Waals surface area contributed by atoms with Crippen molar-refractivity contribution in [3.05, 3.63) is 45.3 Å². The predicted molar refractivity (Wildman–Crippen MR) is 65.2 cm³/mol. The summed E-state index contributed by atoms with van der Waals surface area (Å²) in [4.78, 5) is 11.8. The number of nitrogens with zero attached hydrogens (tertiary/aromatic N) is 1. The van der Waals surface area contributed by atoms with Gasteiger partial charge in [0.25, 0.3) is 5.56 Å². The predicted octanol–water partition coefficient (Wildman–Crippen LogP) is 1.96. The number of H-pyrrole nitrogens is 1. The van der Waals surface area contributed by atoms with Crippen LogP contribution >= 0.6 is 11.6 Å². The molecule has 0 atom stereocenters. The van der Waals surface area contributed by atoms with Crippen LogP contribution in [0.25, 0.3) is 5.69 Å². The minimum Gasteiger partial charge on any atom is -0.393 e. The largest absolute Gasteiger partial charge is 0.393 e. The first-order valence-corrected chi connectivity index (χ1v) is 5.36. The zero-order chi connectivity index (χ0) is 11.7. The molecular weight excluding hydrogens is 226 g/mol. The van der Waals surface area contributed by atoms with Gasteiger partial charge in [-0.15, -0.1) is 0 Å². The molecule has 4 nitrogen and oxygen atoms in total. The molecule has 0 spiro atoms. The summed E-state index contributed by atoms with van der Waals surface area (Å²) in [6.07, 6.45) is 0.689. The van der Waals surface area contributed by atoms with Crippen LogP contribution in [0.3, 0.4) is 0 Å². The molecule has 0 aliphatic carbocycles. The molecule has 0 radical (unpaired) electrons. The van der Waals surface area contributed by atoms with Crippen LogP contribution in [0.4, 0.5) is 5.69 Å². The molecule has 0 aliphatic rings. The van der Waals surface area contributed by atoms with Gasteiger partial charge in [-0.3, -0.25) is 9.89 Å². The average molecular weight is 238 g/mol. The van der Waals surface area contributed by atoms with Crippen LogP contribution < -0.4 is 11.3 Å². The molecule has 84 valence electrons. The maximum Gasteiger partial charge on any atom is 0.294 e. The highest BCUT2D eigenvalue weighted by molar-refractivity contribution is 6.30. The standard InChI is InChI=1S/C11H12ClN3O/c1-2-9-10(13)11(16)15(14-9)8-5-3-4-7(12)6-8/h3-6,14H,2,13H2,1H3. The lowest BCUT2D eigenvalue weighted by molar-refractivity contribution is 0.819. The topological polar surface area (TPSA) is 63.8 Å². The van der Waals surface area contributed by atoms with Crippen LogP contribution in [0.5, 0.6) is 0 Å². The number of benzene rings is 1. The lowest BCUT2D eigenvalue weighted by Gasteiger charge is -2.01. The minimum absolute atomic E-state index is 0.237. The third-order valence-corrected chi connectivity index (χ3v) is 2.66. The Bertz CT molecular complexity index is 571. The van der Waals surface area contributed by atoms with Crippen molar-refractivity contribution in [3.8, 4) is 5.69 Å². The van der Waals surface area contributed by atoms with E-state index in [-0.39, 0.29) is 11.2 Å². The number of nitrogens with two attached hydrogens (primary N) is 1. The second kappa shape index (κ2) is 4.06. The summed E-state index contributed by atoms with van der Waals surface area (Å²) >= 11 is 5.87. The van der Waals surface area contributed by atoms with Gasteiger partial charge in [-0.1, -0.05) is 24.6 Å². The molecule has 1 aromatic heterocycles. The second-order valence-electron chi connectivity index (χ2n) is 3.48. The van der Waals surface area contributed by atoms with Crippen molar-refractivity contribution in [1.29, 1.82) is 0 Å². The van der Waals surface area contributed by atoms with Gasteiger partial charge in [-0.25, -0.2) is 4.68 Å². The van der Waals surface area contributed by atoms with Gasteiger partial charge >= 0.3 is 0 Å². The van der Waals surface area contributed by atoms with Crippen molar-refractivity contribution in [2.75, 3.05) is 5.73 Å². The average Bonchev–Trinajstić information content (AvgIpc) is 2.56. The fraction of sp³-hybridized carbons (Fsp3) is 0.182. The van der Waals surface area contributed by atoms with Gasteiger partial charge in [0.2, 0.25) is 0 Å². The summed E-state index contributed by atoms with van der Waals surface area (Å²) in [6.45, 7) is 1.93. The zero-order valence-electron chi connectivity index (χ0n) is 8.83. The Hall–Kier alpha value is -1.68. The molecule has 5 heteroatoms. The number of halogens is 1. The second-order valence-corrected chi connectivity index (χ2v) is 3.91. The summed E-state index contributed by atoms with van der Waals surface area (Å²) in [5.41, 5.74) is 7.15. The fourth-order valence-corrected chi connectivity index (χ4v) is 1.75. The number of nitrogen functional groups attached to an aromatic ring is 1. The first-order chi connectivity index (χ1) is 7.63. The van der Waals surface area contributed by atoms with E-state index in [0.717, 1.165) is 5.69 Å². The molecule has 3 N–H and O–H groups in total. The Morgan fingerprint density at radius 1 is 1.50 bits per heavy atom. The van der Waals surface area contributed by atoms with E-state index in [0.29, 0.717) is 17.1 Å². The maximum absolute atomic E-state index is 11.8. The molecule has 0 saturated heterocycles. The quantitative estimate of drug-likeness (QED) is 0.839. The highest BCUT2D eigenvalue weighted by Gasteiger charge is 2.10. The Morgan fingerprint density at radius 2 is 2.25 bits per heavy atom. The summed E-state index contributed by atoms with van der Waals surface area (Å²) in [5, 5.41) is 3.54. The maximum atomic E-state index is 11.8. The zero-order valence-corrected chi connectivity index (χ0v) is 9.58. The van der Waals surface area contributed by atoms with Gasteiger partial charge in [0.15, 0.2) is 0 Å². The first kappa shape index (κ1) is 10.8. The first-order valence-electron chi connectivity index (χ1n) is 4.98. The molecule has 2 aromatic rings. The van der Waals surface area contributed by atoms with Crippen LogP contribution in [-0.4, -0.2) is 9.78 Å². The van der Waals surface area contributed by atoms with E-state index in [1.807, 2.05) is 6.92 Å². The Kier molecular flexibility index (Phi) is 2.75. The molecule has 0 fully saturated rings. The third-order valence-electron chi connectivity index (χ3n) is 2.43. The van der Waals surface area contributed by atoms with E-state index in [1.54, 1.807) is 24.3 Å². The molecular formula is C11H12ClN3O. The summed E-state index contributed by atoms with van der Waals surface area (Å²) in [7, 11) is 0. The van der Waals surface area contributed by atoms with Gasteiger partial charge in [0.1, 0.15) is 5.69 Å². The van der Waals surface area contributed by atoms with Crippen LogP contribution in [-0.2, 0) is 6.42 Å². The lowest BCUT2D eigenvalue weighted by Crippen LogP contribution is -2.16. The normalized spacial score (nSPS) is 10.6. The van der Waals surface area contributed by atoms with Crippen LogP contribution in [0.15, 0.2) is 29.1 Å². The number of aromatic nitrogens is 2. The molecule has 2 rings (SSSR count). The van der Waals surface area contributed by atoms with Crippen molar-refractivity contribution < 1.29 is 0 Å². The van der Waals surface area contributed by atoms with E-state index in [2.05, 4.69) is 5.10 Å². The SMILES string of the molecule is CCc1[nH]n(-c2cccc(Cl)c2)c(=O)c1N. The minimum atomic E-state index is -0.237. The molecule has 0 unspecified atom stereocenters.